The predicted octanol–water partition coefficient (Wildman–Crippen LogP) is 0.646. The minimum Gasteiger partial charge on any atom is -0.493 e. The van der Waals surface area contributed by atoms with Crippen molar-refractivity contribution in [2.45, 2.75) is 12.5 Å². The lowest BCUT2D eigenvalue weighted by Crippen LogP contribution is -2.42. The number of hydrogen-bond donors (Lipinski definition) is 1. The third-order valence-electron chi connectivity index (χ3n) is 3.61. The molecule has 1 N–H and O–H groups in total. The van der Waals surface area contributed by atoms with Gasteiger partial charge in [0, 0.05) is 26.1 Å². The topological polar surface area (TPSA) is 61.9 Å². The van der Waals surface area contributed by atoms with Crippen molar-refractivity contribution >= 4 is 11.8 Å². The fraction of sp³-hybridized carbons (Fsp3) is 0.500. The van der Waals surface area contributed by atoms with Crippen LogP contribution >= 0.6 is 0 Å². The lowest BCUT2D eigenvalue weighted by Gasteiger charge is -2.27. The third kappa shape index (κ3) is 4.21. The Kier molecular flexibility index (Phi) is 5.38. The van der Waals surface area contributed by atoms with E-state index in [-0.39, 0.29) is 30.9 Å². The smallest absolute Gasteiger partial charge is 0.236 e. The Morgan fingerprint density at radius 1 is 1.23 bits per heavy atom. The van der Waals surface area contributed by atoms with Crippen molar-refractivity contribution in [1.29, 1.82) is 0 Å². The molecule has 0 spiro atoms. The van der Waals surface area contributed by atoms with Crippen LogP contribution in [0.2, 0.25) is 0 Å². The highest BCUT2D eigenvalue weighted by molar-refractivity contribution is 5.81. The highest BCUT2D eigenvalue weighted by Crippen LogP contribution is 2.31. The van der Waals surface area contributed by atoms with E-state index in [9.17, 15) is 9.59 Å². The lowest BCUT2D eigenvalue weighted by molar-refractivity contribution is -0.130. The fourth-order valence-electron chi connectivity index (χ4n) is 2.41. The van der Waals surface area contributed by atoms with Crippen molar-refractivity contribution in [3.63, 3.8) is 0 Å². The first-order valence-corrected chi connectivity index (χ1v) is 7.37. The van der Waals surface area contributed by atoms with E-state index < -0.39 is 0 Å². The molecule has 1 aromatic carbocycles. The molecular weight excluding hydrogens is 282 g/mol. The largest absolute Gasteiger partial charge is 0.493 e. The van der Waals surface area contributed by atoms with Gasteiger partial charge in [-0.15, -0.1) is 0 Å². The van der Waals surface area contributed by atoms with Crippen molar-refractivity contribution in [2.24, 2.45) is 0 Å². The van der Waals surface area contributed by atoms with Crippen LogP contribution in [-0.2, 0) is 9.59 Å². The molecule has 1 aliphatic heterocycles. The second-order valence-corrected chi connectivity index (χ2v) is 5.76. The summed E-state index contributed by atoms with van der Waals surface area (Å²) < 4.78 is 5.58. The van der Waals surface area contributed by atoms with Gasteiger partial charge in [0.1, 0.15) is 5.75 Å². The van der Waals surface area contributed by atoms with Crippen LogP contribution in [0.3, 0.4) is 0 Å². The van der Waals surface area contributed by atoms with Crippen LogP contribution in [0.4, 0.5) is 0 Å². The summed E-state index contributed by atoms with van der Waals surface area (Å²) in [6, 6.07) is 7.71. The molecule has 1 aliphatic rings. The number of hydrogen-bond acceptors (Lipinski definition) is 4. The average Bonchev–Trinajstić information content (AvgIpc) is 2.47. The van der Waals surface area contributed by atoms with Crippen LogP contribution < -0.4 is 10.1 Å². The van der Waals surface area contributed by atoms with Crippen LogP contribution in [0.15, 0.2) is 24.3 Å². The quantitative estimate of drug-likeness (QED) is 0.867. The number of likely N-dealkylation sites (N-methyl/N-ethyl adjacent to an activating group) is 2. The molecule has 6 nitrogen and oxygen atoms in total. The van der Waals surface area contributed by atoms with E-state index >= 15 is 0 Å². The summed E-state index contributed by atoms with van der Waals surface area (Å²) >= 11 is 0. The first-order chi connectivity index (χ1) is 10.5. The summed E-state index contributed by atoms with van der Waals surface area (Å²) in [6.07, 6.45) is 0.753. The van der Waals surface area contributed by atoms with Crippen LogP contribution in [0.1, 0.15) is 18.0 Å². The molecule has 0 aromatic heterocycles. The SMILES string of the molecule is CN(CC(=O)NC1CCOc2ccccc21)CC(=O)N(C)C. The maximum atomic E-state index is 12.2. The highest BCUT2D eigenvalue weighted by atomic mass is 16.5. The number of nitrogens with one attached hydrogen (secondary N) is 1. The molecule has 0 aliphatic carbocycles. The number of benzene rings is 1. The molecule has 6 heteroatoms. The molecule has 0 bridgehead atoms. The summed E-state index contributed by atoms with van der Waals surface area (Å²) in [4.78, 5) is 27.0. The van der Waals surface area contributed by atoms with E-state index in [1.807, 2.05) is 24.3 Å². The Labute approximate surface area is 131 Å². The van der Waals surface area contributed by atoms with Gasteiger partial charge in [-0.1, -0.05) is 18.2 Å². The van der Waals surface area contributed by atoms with Gasteiger partial charge in [0.25, 0.3) is 0 Å². The Balaban J connectivity index is 1.89. The van der Waals surface area contributed by atoms with Gasteiger partial charge in [-0.25, -0.2) is 0 Å². The fourth-order valence-corrected chi connectivity index (χ4v) is 2.41. The van der Waals surface area contributed by atoms with E-state index in [1.165, 1.54) is 4.90 Å². The van der Waals surface area contributed by atoms with Gasteiger partial charge in [-0.3, -0.25) is 14.5 Å². The number of para-hydroxylation sites is 1. The van der Waals surface area contributed by atoms with Gasteiger partial charge in [0.05, 0.1) is 25.7 Å². The predicted molar refractivity (Wildman–Crippen MR) is 83.6 cm³/mol. The Morgan fingerprint density at radius 2 is 1.95 bits per heavy atom. The van der Waals surface area contributed by atoms with Crippen molar-refractivity contribution in [2.75, 3.05) is 40.8 Å². The summed E-state index contributed by atoms with van der Waals surface area (Å²) in [5.74, 6) is 0.720. The van der Waals surface area contributed by atoms with Gasteiger partial charge in [0.15, 0.2) is 0 Å². The standard InChI is InChI=1S/C16H23N3O3/c1-18(2)16(21)11-19(3)10-15(20)17-13-8-9-22-14-7-5-4-6-12(13)14/h4-7,13H,8-11H2,1-3H3,(H,17,20). The molecule has 0 saturated heterocycles. The third-order valence-corrected chi connectivity index (χ3v) is 3.61. The average molecular weight is 305 g/mol. The number of carbonyl (C=O) groups is 2. The Bertz CT molecular complexity index is 545. The number of carbonyl (C=O) groups excluding carboxylic acids is 2. The molecule has 0 radical (unpaired) electrons. The Hall–Kier alpha value is -2.08. The minimum atomic E-state index is -0.0873. The zero-order valence-electron chi connectivity index (χ0n) is 13.3. The normalized spacial score (nSPS) is 16.6. The van der Waals surface area contributed by atoms with Gasteiger partial charge in [0.2, 0.25) is 11.8 Å². The molecule has 2 rings (SSSR count). The maximum absolute atomic E-state index is 12.2. The Morgan fingerprint density at radius 3 is 2.68 bits per heavy atom. The van der Waals surface area contributed by atoms with Crippen molar-refractivity contribution in [1.82, 2.24) is 15.1 Å². The molecule has 22 heavy (non-hydrogen) atoms. The number of nitrogens with zero attached hydrogens (tertiary/aromatic N) is 2. The first kappa shape index (κ1) is 16.3. The van der Waals surface area contributed by atoms with E-state index in [0.29, 0.717) is 6.61 Å². The van der Waals surface area contributed by atoms with Crippen LogP contribution in [-0.4, -0.2) is 62.5 Å². The number of amides is 2. The lowest BCUT2D eigenvalue weighted by atomic mass is 10.0. The molecule has 120 valence electrons. The molecule has 1 heterocycles. The zero-order chi connectivity index (χ0) is 16.1. The van der Waals surface area contributed by atoms with Gasteiger partial charge in [-0.2, -0.15) is 0 Å². The second-order valence-electron chi connectivity index (χ2n) is 5.76. The van der Waals surface area contributed by atoms with E-state index in [0.717, 1.165) is 17.7 Å². The summed E-state index contributed by atoms with van der Waals surface area (Å²) in [5.41, 5.74) is 1.01. The van der Waals surface area contributed by atoms with Gasteiger partial charge < -0.3 is 15.0 Å². The molecule has 0 fully saturated rings. The second kappa shape index (κ2) is 7.26. The monoisotopic (exact) mass is 305 g/mol. The minimum absolute atomic E-state index is 0.0216. The summed E-state index contributed by atoms with van der Waals surface area (Å²) in [6.45, 7) is 1.01. The van der Waals surface area contributed by atoms with Gasteiger partial charge in [-0.05, 0) is 13.1 Å². The number of fused-ring (bicyclic) bond motifs is 1. The summed E-state index contributed by atoms with van der Waals surface area (Å²) in [7, 11) is 5.17. The number of rotatable bonds is 5. The van der Waals surface area contributed by atoms with Crippen molar-refractivity contribution in [3.8, 4) is 5.75 Å². The van der Waals surface area contributed by atoms with E-state index in [4.69, 9.17) is 4.74 Å². The first-order valence-electron chi connectivity index (χ1n) is 7.37. The van der Waals surface area contributed by atoms with Crippen LogP contribution in [0.25, 0.3) is 0 Å². The van der Waals surface area contributed by atoms with E-state index in [2.05, 4.69) is 5.32 Å². The molecular formula is C16H23N3O3. The highest BCUT2D eigenvalue weighted by Gasteiger charge is 2.23. The van der Waals surface area contributed by atoms with Crippen molar-refractivity contribution < 1.29 is 14.3 Å². The maximum Gasteiger partial charge on any atom is 0.236 e. The van der Waals surface area contributed by atoms with Crippen LogP contribution in [0, 0.1) is 0 Å². The molecule has 1 atom stereocenters. The summed E-state index contributed by atoms with van der Waals surface area (Å²) in [5, 5.41) is 3.02. The zero-order valence-corrected chi connectivity index (χ0v) is 13.3. The molecule has 1 unspecified atom stereocenters. The molecule has 2 amide bonds. The molecule has 1 aromatic rings. The van der Waals surface area contributed by atoms with Crippen LogP contribution in [0.5, 0.6) is 5.75 Å². The number of ether oxygens (including phenoxy) is 1. The van der Waals surface area contributed by atoms with Crippen molar-refractivity contribution in [3.05, 3.63) is 29.8 Å². The molecule has 0 saturated carbocycles. The van der Waals surface area contributed by atoms with E-state index in [1.54, 1.807) is 26.0 Å². The van der Waals surface area contributed by atoms with Gasteiger partial charge >= 0.3 is 0 Å².